The van der Waals surface area contributed by atoms with Crippen LogP contribution in [-0.2, 0) is 13.0 Å². The molecule has 0 bridgehead atoms. The molecule has 0 fully saturated rings. The number of carbonyl (C=O) groups excluding carboxylic acids is 1. The number of halogens is 1. The number of aryl methyl sites for hydroxylation is 2. The maximum absolute atomic E-state index is 12.9. The van der Waals surface area contributed by atoms with Crippen LogP contribution in [0.4, 0.5) is 0 Å². The number of amides is 1. The highest BCUT2D eigenvalue weighted by molar-refractivity contribution is 6.33. The van der Waals surface area contributed by atoms with Crippen molar-refractivity contribution < 1.29 is 4.79 Å². The number of rotatable bonds is 8. The molecule has 5 nitrogen and oxygen atoms in total. The van der Waals surface area contributed by atoms with E-state index in [-0.39, 0.29) is 11.9 Å². The Kier molecular flexibility index (Phi) is 7.29. The molecule has 0 aliphatic carbocycles. The average Bonchev–Trinajstić information content (AvgIpc) is 3.02. The van der Waals surface area contributed by atoms with E-state index in [2.05, 4.69) is 46.5 Å². The lowest BCUT2D eigenvalue weighted by molar-refractivity contribution is 0.0941. The van der Waals surface area contributed by atoms with E-state index in [1.54, 1.807) is 4.68 Å². The molecule has 1 atom stereocenters. The number of hydrogen-bond donors (Lipinski definition) is 1. The zero-order valence-electron chi connectivity index (χ0n) is 18.0. The number of carbonyl (C=O) groups is 1. The van der Waals surface area contributed by atoms with Gasteiger partial charge >= 0.3 is 0 Å². The van der Waals surface area contributed by atoms with Gasteiger partial charge in [0.1, 0.15) is 5.15 Å². The number of benzene rings is 2. The molecule has 3 rings (SSSR count). The maximum Gasteiger partial charge on any atom is 0.256 e. The van der Waals surface area contributed by atoms with E-state index >= 15 is 0 Å². The summed E-state index contributed by atoms with van der Waals surface area (Å²) >= 11 is 6.53. The molecule has 0 saturated carbocycles. The van der Waals surface area contributed by atoms with Crippen molar-refractivity contribution in [3.63, 3.8) is 0 Å². The Morgan fingerprint density at radius 1 is 1.10 bits per heavy atom. The van der Waals surface area contributed by atoms with Crippen LogP contribution in [0, 0.1) is 6.92 Å². The summed E-state index contributed by atoms with van der Waals surface area (Å²) in [6.45, 7) is 4.96. The van der Waals surface area contributed by atoms with Crippen LogP contribution >= 0.6 is 11.6 Å². The summed E-state index contributed by atoms with van der Waals surface area (Å²) < 4.78 is 1.67. The van der Waals surface area contributed by atoms with Crippen molar-refractivity contribution in [3.05, 3.63) is 87.7 Å². The third-order valence-corrected chi connectivity index (χ3v) is 5.70. The van der Waals surface area contributed by atoms with E-state index in [1.807, 2.05) is 51.4 Å². The Morgan fingerprint density at radius 2 is 1.77 bits per heavy atom. The molecule has 2 aromatic carbocycles. The molecule has 30 heavy (non-hydrogen) atoms. The lowest BCUT2D eigenvalue weighted by atomic mass is 10.0. The zero-order valence-corrected chi connectivity index (χ0v) is 18.8. The van der Waals surface area contributed by atoms with Crippen molar-refractivity contribution in [2.45, 2.75) is 32.9 Å². The number of nitrogens with zero attached hydrogens (tertiary/aromatic N) is 3. The van der Waals surface area contributed by atoms with Gasteiger partial charge in [0.2, 0.25) is 0 Å². The first-order valence-corrected chi connectivity index (χ1v) is 10.6. The molecule has 1 heterocycles. The Morgan fingerprint density at radius 3 is 2.37 bits per heavy atom. The van der Waals surface area contributed by atoms with Gasteiger partial charge in [0.15, 0.2) is 0 Å². The van der Waals surface area contributed by atoms with Gasteiger partial charge in [-0.25, -0.2) is 4.68 Å². The van der Waals surface area contributed by atoms with Crippen LogP contribution in [0.5, 0.6) is 0 Å². The van der Waals surface area contributed by atoms with E-state index < -0.39 is 0 Å². The number of likely N-dealkylation sites (N-methyl/N-ethyl adjacent to an activating group) is 1. The largest absolute Gasteiger partial charge is 0.350 e. The molecule has 0 radical (unpaired) electrons. The molecule has 0 spiro atoms. The minimum atomic E-state index is -0.200. The van der Waals surface area contributed by atoms with Gasteiger partial charge in [0.05, 0.1) is 23.8 Å². The first kappa shape index (κ1) is 22.1. The highest BCUT2D eigenvalue weighted by Gasteiger charge is 2.22. The summed E-state index contributed by atoms with van der Waals surface area (Å²) in [4.78, 5) is 15.0. The van der Waals surface area contributed by atoms with Gasteiger partial charge in [0, 0.05) is 6.54 Å². The molecular weight excluding hydrogens is 396 g/mol. The summed E-state index contributed by atoms with van der Waals surface area (Å²) in [6, 6.07) is 18.6. The monoisotopic (exact) mass is 424 g/mol. The number of aromatic nitrogens is 2. The highest BCUT2D eigenvalue weighted by Crippen LogP contribution is 2.22. The van der Waals surface area contributed by atoms with Gasteiger partial charge in [0.25, 0.3) is 5.91 Å². The molecule has 1 aromatic heterocycles. The Balaban J connectivity index is 1.73. The summed E-state index contributed by atoms with van der Waals surface area (Å²) in [6.07, 6.45) is 1.01. The van der Waals surface area contributed by atoms with Crippen molar-refractivity contribution in [2.75, 3.05) is 20.6 Å². The maximum atomic E-state index is 12.9. The van der Waals surface area contributed by atoms with Crippen molar-refractivity contribution in [1.29, 1.82) is 0 Å². The van der Waals surface area contributed by atoms with E-state index in [1.165, 1.54) is 11.1 Å². The van der Waals surface area contributed by atoms with E-state index in [0.717, 1.165) is 12.0 Å². The fourth-order valence-corrected chi connectivity index (χ4v) is 3.84. The Hall–Kier alpha value is -2.63. The molecule has 158 valence electrons. The smallest absolute Gasteiger partial charge is 0.256 e. The minimum Gasteiger partial charge on any atom is -0.350 e. The second-order valence-electron chi connectivity index (χ2n) is 7.68. The molecule has 0 aliphatic heterocycles. The second kappa shape index (κ2) is 9.92. The molecule has 0 saturated heterocycles. The van der Waals surface area contributed by atoms with Crippen molar-refractivity contribution in [2.24, 2.45) is 0 Å². The number of hydrogen-bond acceptors (Lipinski definition) is 3. The average molecular weight is 425 g/mol. The molecular formula is C24H29ClN4O. The van der Waals surface area contributed by atoms with Crippen LogP contribution in [-0.4, -0.2) is 41.2 Å². The molecule has 3 aromatic rings. The molecule has 1 N–H and O–H groups in total. The van der Waals surface area contributed by atoms with Crippen LogP contribution in [0.1, 0.15) is 45.7 Å². The summed E-state index contributed by atoms with van der Waals surface area (Å²) in [5.41, 5.74) is 4.61. The first-order valence-electron chi connectivity index (χ1n) is 10.2. The van der Waals surface area contributed by atoms with Crippen molar-refractivity contribution in [3.8, 4) is 0 Å². The van der Waals surface area contributed by atoms with Gasteiger partial charge in [-0.05, 0) is 44.1 Å². The van der Waals surface area contributed by atoms with Crippen LogP contribution in [0.25, 0.3) is 0 Å². The van der Waals surface area contributed by atoms with Gasteiger partial charge in [-0.3, -0.25) is 4.79 Å². The topological polar surface area (TPSA) is 50.2 Å². The molecule has 6 heteroatoms. The van der Waals surface area contributed by atoms with Crippen LogP contribution in [0.3, 0.4) is 0 Å². The normalized spacial score (nSPS) is 12.2. The van der Waals surface area contributed by atoms with Gasteiger partial charge in [-0.15, -0.1) is 0 Å². The lowest BCUT2D eigenvalue weighted by Gasteiger charge is -2.25. The van der Waals surface area contributed by atoms with Crippen molar-refractivity contribution >= 4 is 17.5 Å². The first-order chi connectivity index (χ1) is 14.4. The predicted molar refractivity (Wildman–Crippen MR) is 122 cm³/mol. The van der Waals surface area contributed by atoms with E-state index in [0.29, 0.717) is 29.5 Å². The Bertz CT molecular complexity index is 980. The summed E-state index contributed by atoms with van der Waals surface area (Å²) in [7, 11) is 4.03. The number of nitrogens with one attached hydrogen (secondary N) is 1. The zero-order chi connectivity index (χ0) is 21.7. The van der Waals surface area contributed by atoms with E-state index in [4.69, 9.17) is 11.6 Å². The summed E-state index contributed by atoms with van der Waals surface area (Å²) in [5, 5.41) is 7.89. The van der Waals surface area contributed by atoms with Gasteiger partial charge < -0.3 is 10.2 Å². The third-order valence-electron chi connectivity index (χ3n) is 5.32. The van der Waals surface area contributed by atoms with Crippen molar-refractivity contribution in [1.82, 2.24) is 20.0 Å². The van der Waals surface area contributed by atoms with Crippen LogP contribution in [0.15, 0.2) is 54.6 Å². The second-order valence-corrected chi connectivity index (χ2v) is 8.04. The lowest BCUT2D eigenvalue weighted by Crippen LogP contribution is -2.34. The minimum absolute atomic E-state index is 0.0679. The predicted octanol–water partition coefficient (Wildman–Crippen LogP) is 4.49. The van der Waals surface area contributed by atoms with Crippen LogP contribution in [0.2, 0.25) is 5.15 Å². The quantitative estimate of drug-likeness (QED) is 0.579. The molecule has 0 aliphatic rings. The van der Waals surface area contributed by atoms with Gasteiger partial charge in [-0.2, -0.15) is 5.10 Å². The fourth-order valence-electron chi connectivity index (χ4n) is 3.52. The standard InChI is InChI=1S/C24H29ClN4O/c1-5-18-11-13-20(14-12-18)21(28(3)4)15-26-24(30)22-17(2)27-29(23(22)25)16-19-9-7-6-8-10-19/h6-14,21H,5,15-16H2,1-4H3,(H,26,30)/t21-/m1/s1. The Labute approximate surface area is 183 Å². The third kappa shape index (κ3) is 5.10. The van der Waals surface area contributed by atoms with Gasteiger partial charge in [-0.1, -0.05) is 73.1 Å². The SMILES string of the molecule is CCc1ccc([C@@H](CNC(=O)c2c(C)nn(Cc3ccccc3)c2Cl)N(C)C)cc1. The molecule has 0 unspecified atom stereocenters. The highest BCUT2D eigenvalue weighted by atomic mass is 35.5. The summed E-state index contributed by atoms with van der Waals surface area (Å²) in [5.74, 6) is -0.200. The van der Waals surface area contributed by atoms with Crippen LogP contribution < -0.4 is 5.32 Å². The molecule has 1 amide bonds. The van der Waals surface area contributed by atoms with E-state index in [9.17, 15) is 4.79 Å². The fraction of sp³-hybridized carbons (Fsp3) is 0.333.